The molecule has 0 aromatic carbocycles. The second-order valence-corrected chi connectivity index (χ2v) is 6.52. The summed E-state index contributed by atoms with van der Waals surface area (Å²) in [5.74, 6) is 1.07. The van der Waals surface area contributed by atoms with Crippen LogP contribution in [-0.4, -0.2) is 38.2 Å². The predicted molar refractivity (Wildman–Crippen MR) is 95.0 cm³/mol. The molecule has 3 heterocycles. The molecule has 2 N–H and O–H groups in total. The minimum absolute atomic E-state index is 0.271. The van der Waals surface area contributed by atoms with Crippen molar-refractivity contribution in [3.05, 3.63) is 34.2 Å². The smallest absolute Gasteiger partial charge is 0.340 e. The third-order valence-corrected chi connectivity index (χ3v) is 4.74. The molecule has 1 aliphatic rings. The van der Waals surface area contributed by atoms with Gasteiger partial charge in [0.15, 0.2) is 5.82 Å². The number of aryl methyl sites for hydroxylation is 2. The van der Waals surface area contributed by atoms with Gasteiger partial charge in [-0.3, -0.25) is 4.79 Å². The fourth-order valence-corrected chi connectivity index (χ4v) is 3.41. The highest BCUT2D eigenvalue weighted by molar-refractivity contribution is 6.00. The van der Waals surface area contributed by atoms with Gasteiger partial charge in [0.25, 0.3) is 5.91 Å². The fraction of sp³-hybridized carbons (Fsp3) is 0.556. The van der Waals surface area contributed by atoms with E-state index in [0.29, 0.717) is 35.7 Å². The average molecular weight is 359 g/mol. The minimum Gasteiger partial charge on any atom is -0.462 e. The van der Waals surface area contributed by atoms with Gasteiger partial charge < -0.3 is 19.6 Å². The lowest BCUT2D eigenvalue weighted by Crippen LogP contribution is -2.26. The van der Waals surface area contributed by atoms with Gasteiger partial charge in [0.2, 0.25) is 0 Å². The molecular formula is C18H25N5O3. The molecule has 1 amide bonds. The molecule has 3 rings (SSSR count). The molecule has 2 aromatic heterocycles. The molecule has 0 saturated heterocycles. The standard InChI is InChI=1S/C18H25N5O3/c1-4-26-18(25)15-11(2)16(20-12(15)3)17(24)19-10-14-22-21-13-8-6-5-7-9-23(13)14/h20H,4-10H2,1-3H3,(H,19,24). The Kier molecular flexibility index (Phi) is 5.39. The summed E-state index contributed by atoms with van der Waals surface area (Å²) < 4.78 is 7.16. The van der Waals surface area contributed by atoms with Crippen LogP contribution in [0.25, 0.3) is 0 Å². The number of carbonyl (C=O) groups is 2. The molecule has 0 spiro atoms. The number of amides is 1. The van der Waals surface area contributed by atoms with Crippen LogP contribution in [0.2, 0.25) is 0 Å². The third-order valence-electron chi connectivity index (χ3n) is 4.74. The highest BCUT2D eigenvalue weighted by Crippen LogP contribution is 2.19. The lowest BCUT2D eigenvalue weighted by Gasteiger charge is -2.08. The number of nitrogens with zero attached hydrogens (tertiary/aromatic N) is 3. The van der Waals surface area contributed by atoms with E-state index in [0.717, 1.165) is 37.5 Å². The number of fused-ring (bicyclic) bond motifs is 1. The Hall–Kier alpha value is -2.64. The van der Waals surface area contributed by atoms with Crippen molar-refractivity contribution < 1.29 is 14.3 Å². The maximum absolute atomic E-state index is 12.6. The van der Waals surface area contributed by atoms with Gasteiger partial charge in [-0.15, -0.1) is 10.2 Å². The van der Waals surface area contributed by atoms with E-state index < -0.39 is 5.97 Å². The average Bonchev–Trinajstić information content (AvgIpc) is 3.03. The van der Waals surface area contributed by atoms with Crippen LogP contribution in [0.15, 0.2) is 0 Å². The van der Waals surface area contributed by atoms with Gasteiger partial charge in [-0.25, -0.2) is 4.79 Å². The van der Waals surface area contributed by atoms with Gasteiger partial charge in [0.1, 0.15) is 11.5 Å². The van der Waals surface area contributed by atoms with Crippen LogP contribution < -0.4 is 5.32 Å². The largest absolute Gasteiger partial charge is 0.462 e. The summed E-state index contributed by atoms with van der Waals surface area (Å²) in [6.07, 6.45) is 4.34. The number of carbonyl (C=O) groups excluding carboxylic acids is 2. The maximum Gasteiger partial charge on any atom is 0.340 e. The summed E-state index contributed by atoms with van der Waals surface area (Å²) in [6.45, 7) is 6.74. The molecule has 0 bridgehead atoms. The SMILES string of the molecule is CCOC(=O)c1c(C)[nH]c(C(=O)NCc2nnc3n2CCCCC3)c1C. The first kappa shape index (κ1) is 18.2. The Balaban J connectivity index is 1.72. The van der Waals surface area contributed by atoms with Crippen molar-refractivity contribution in [1.82, 2.24) is 25.1 Å². The summed E-state index contributed by atoms with van der Waals surface area (Å²) in [5, 5.41) is 11.3. The van der Waals surface area contributed by atoms with Crippen LogP contribution in [0.3, 0.4) is 0 Å². The first-order chi connectivity index (χ1) is 12.5. The molecule has 8 heteroatoms. The van der Waals surface area contributed by atoms with E-state index in [2.05, 4.69) is 25.1 Å². The first-order valence-electron chi connectivity index (χ1n) is 9.08. The highest BCUT2D eigenvalue weighted by atomic mass is 16.5. The van der Waals surface area contributed by atoms with Gasteiger partial charge in [0, 0.05) is 18.7 Å². The molecule has 2 aromatic rings. The van der Waals surface area contributed by atoms with E-state index in [-0.39, 0.29) is 5.91 Å². The second kappa shape index (κ2) is 7.72. The molecular weight excluding hydrogens is 334 g/mol. The van der Waals surface area contributed by atoms with Crippen molar-refractivity contribution in [1.29, 1.82) is 0 Å². The zero-order valence-corrected chi connectivity index (χ0v) is 15.5. The fourth-order valence-electron chi connectivity index (χ4n) is 3.41. The van der Waals surface area contributed by atoms with Crippen molar-refractivity contribution in [2.24, 2.45) is 0 Å². The quantitative estimate of drug-likeness (QED) is 0.796. The van der Waals surface area contributed by atoms with Gasteiger partial charge >= 0.3 is 5.97 Å². The number of ether oxygens (including phenoxy) is 1. The molecule has 1 aliphatic heterocycles. The van der Waals surface area contributed by atoms with E-state index in [1.54, 1.807) is 20.8 Å². The Bertz CT molecular complexity index is 821. The summed E-state index contributed by atoms with van der Waals surface area (Å²) >= 11 is 0. The van der Waals surface area contributed by atoms with Crippen LogP contribution in [-0.2, 0) is 24.2 Å². The predicted octanol–water partition coefficient (Wildman–Crippen LogP) is 2.06. The lowest BCUT2D eigenvalue weighted by atomic mass is 10.1. The Morgan fingerprint density at radius 3 is 2.81 bits per heavy atom. The normalized spacial score (nSPS) is 13.8. The molecule has 140 valence electrons. The zero-order valence-electron chi connectivity index (χ0n) is 15.5. The lowest BCUT2D eigenvalue weighted by molar-refractivity contribution is 0.0525. The Morgan fingerprint density at radius 1 is 1.23 bits per heavy atom. The van der Waals surface area contributed by atoms with Crippen molar-refractivity contribution in [3.63, 3.8) is 0 Å². The maximum atomic E-state index is 12.6. The van der Waals surface area contributed by atoms with Crippen molar-refractivity contribution in [3.8, 4) is 0 Å². The topological polar surface area (TPSA) is 102 Å². The number of esters is 1. The minimum atomic E-state index is -0.416. The summed E-state index contributed by atoms with van der Waals surface area (Å²) in [5.41, 5.74) is 2.02. The molecule has 26 heavy (non-hydrogen) atoms. The summed E-state index contributed by atoms with van der Waals surface area (Å²) in [7, 11) is 0. The van der Waals surface area contributed by atoms with Gasteiger partial charge in [-0.2, -0.15) is 0 Å². The number of rotatable bonds is 5. The summed E-state index contributed by atoms with van der Waals surface area (Å²) in [6, 6.07) is 0. The monoisotopic (exact) mass is 359 g/mol. The van der Waals surface area contributed by atoms with Crippen molar-refractivity contribution in [2.75, 3.05) is 6.61 Å². The molecule has 0 saturated carbocycles. The van der Waals surface area contributed by atoms with Crippen molar-refractivity contribution in [2.45, 2.75) is 59.5 Å². The van der Waals surface area contributed by atoms with Gasteiger partial charge in [-0.1, -0.05) is 6.42 Å². The highest BCUT2D eigenvalue weighted by Gasteiger charge is 2.23. The number of nitrogens with one attached hydrogen (secondary N) is 2. The van der Waals surface area contributed by atoms with Gasteiger partial charge in [0.05, 0.1) is 18.7 Å². The third kappa shape index (κ3) is 3.49. The second-order valence-electron chi connectivity index (χ2n) is 6.52. The number of aromatic nitrogens is 4. The number of H-pyrrole nitrogens is 1. The van der Waals surface area contributed by atoms with Gasteiger partial charge in [-0.05, 0) is 39.2 Å². The van der Waals surface area contributed by atoms with E-state index in [1.165, 1.54) is 6.42 Å². The molecule has 0 radical (unpaired) electrons. The van der Waals surface area contributed by atoms with Crippen molar-refractivity contribution >= 4 is 11.9 Å². The van der Waals surface area contributed by atoms with Crippen LogP contribution in [0.4, 0.5) is 0 Å². The first-order valence-corrected chi connectivity index (χ1v) is 9.08. The Labute approximate surface area is 152 Å². The molecule has 0 atom stereocenters. The molecule has 0 unspecified atom stereocenters. The van der Waals surface area contributed by atoms with E-state index in [9.17, 15) is 9.59 Å². The zero-order chi connectivity index (χ0) is 18.7. The number of hydrogen-bond acceptors (Lipinski definition) is 5. The number of hydrogen-bond donors (Lipinski definition) is 2. The number of aromatic amines is 1. The Morgan fingerprint density at radius 2 is 2.04 bits per heavy atom. The van der Waals surface area contributed by atoms with Crippen LogP contribution in [0, 0.1) is 13.8 Å². The van der Waals surface area contributed by atoms with Crippen LogP contribution >= 0.6 is 0 Å². The van der Waals surface area contributed by atoms with Crippen LogP contribution in [0.1, 0.15) is 69.9 Å². The molecule has 0 fully saturated rings. The van der Waals surface area contributed by atoms with E-state index in [4.69, 9.17) is 4.74 Å². The van der Waals surface area contributed by atoms with E-state index >= 15 is 0 Å². The molecule has 8 nitrogen and oxygen atoms in total. The molecule has 0 aliphatic carbocycles. The van der Waals surface area contributed by atoms with E-state index in [1.807, 2.05) is 0 Å². The summed E-state index contributed by atoms with van der Waals surface area (Å²) in [4.78, 5) is 27.7. The van der Waals surface area contributed by atoms with Crippen LogP contribution in [0.5, 0.6) is 0 Å².